The van der Waals surface area contributed by atoms with Crippen LogP contribution in [-0.4, -0.2) is 6.04 Å². The average Bonchev–Trinajstić information content (AvgIpc) is 2.39. The molecule has 0 aromatic heterocycles. The zero-order valence-corrected chi connectivity index (χ0v) is 12.2. The molecule has 0 saturated carbocycles. The van der Waals surface area contributed by atoms with Crippen molar-refractivity contribution >= 4 is 15.9 Å². The summed E-state index contributed by atoms with van der Waals surface area (Å²) in [5.74, 6) is 0. The standard InChI is InChI=1S/C16H18BrN/c1-13(11-14-7-3-2-4-8-14)18-12-15-9-5-6-10-16(15)17/h2-10,13,18H,11-12H2,1H3. The van der Waals surface area contributed by atoms with Crippen LogP contribution in [-0.2, 0) is 13.0 Å². The van der Waals surface area contributed by atoms with E-state index in [1.54, 1.807) is 0 Å². The van der Waals surface area contributed by atoms with Gasteiger partial charge in [-0.05, 0) is 30.5 Å². The molecule has 2 aromatic rings. The van der Waals surface area contributed by atoms with E-state index in [1.165, 1.54) is 15.6 Å². The van der Waals surface area contributed by atoms with Crippen LogP contribution in [0.3, 0.4) is 0 Å². The Morgan fingerprint density at radius 2 is 1.67 bits per heavy atom. The number of rotatable bonds is 5. The molecule has 0 aliphatic carbocycles. The van der Waals surface area contributed by atoms with E-state index in [1.807, 2.05) is 6.07 Å². The van der Waals surface area contributed by atoms with Gasteiger partial charge in [-0.3, -0.25) is 0 Å². The quantitative estimate of drug-likeness (QED) is 0.874. The summed E-state index contributed by atoms with van der Waals surface area (Å²) in [6.45, 7) is 3.12. The number of hydrogen-bond acceptors (Lipinski definition) is 1. The summed E-state index contributed by atoms with van der Waals surface area (Å²) in [5.41, 5.74) is 2.68. The Morgan fingerprint density at radius 1 is 1.00 bits per heavy atom. The molecular weight excluding hydrogens is 286 g/mol. The van der Waals surface area contributed by atoms with Gasteiger partial charge in [0.1, 0.15) is 0 Å². The van der Waals surface area contributed by atoms with E-state index >= 15 is 0 Å². The minimum atomic E-state index is 0.472. The van der Waals surface area contributed by atoms with Crippen molar-refractivity contribution in [1.82, 2.24) is 5.32 Å². The smallest absolute Gasteiger partial charge is 0.0220 e. The van der Waals surface area contributed by atoms with Gasteiger partial charge in [0.05, 0.1) is 0 Å². The highest BCUT2D eigenvalue weighted by molar-refractivity contribution is 9.10. The Labute approximate surface area is 117 Å². The van der Waals surface area contributed by atoms with E-state index in [0.717, 1.165) is 13.0 Å². The Hall–Kier alpha value is -1.12. The highest BCUT2D eigenvalue weighted by Crippen LogP contribution is 2.15. The van der Waals surface area contributed by atoms with Gasteiger partial charge in [-0.15, -0.1) is 0 Å². The zero-order valence-electron chi connectivity index (χ0n) is 10.6. The molecule has 1 N–H and O–H groups in total. The van der Waals surface area contributed by atoms with Gasteiger partial charge in [-0.1, -0.05) is 64.5 Å². The van der Waals surface area contributed by atoms with E-state index in [4.69, 9.17) is 0 Å². The van der Waals surface area contributed by atoms with Crippen molar-refractivity contribution in [2.75, 3.05) is 0 Å². The van der Waals surface area contributed by atoms with Gasteiger partial charge in [-0.25, -0.2) is 0 Å². The summed E-state index contributed by atoms with van der Waals surface area (Å²) in [4.78, 5) is 0. The van der Waals surface area contributed by atoms with Crippen LogP contribution in [0.15, 0.2) is 59.1 Å². The van der Waals surface area contributed by atoms with Crippen molar-refractivity contribution in [3.8, 4) is 0 Å². The molecule has 1 unspecified atom stereocenters. The summed E-state index contributed by atoms with van der Waals surface area (Å²) in [6, 6.07) is 19.4. The highest BCUT2D eigenvalue weighted by Gasteiger charge is 2.04. The van der Waals surface area contributed by atoms with Crippen molar-refractivity contribution in [2.45, 2.75) is 25.9 Å². The van der Waals surface area contributed by atoms with Crippen LogP contribution in [0.5, 0.6) is 0 Å². The molecule has 1 nitrogen and oxygen atoms in total. The lowest BCUT2D eigenvalue weighted by Crippen LogP contribution is -2.27. The first-order valence-electron chi connectivity index (χ1n) is 6.26. The summed E-state index contributed by atoms with van der Waals surface area (Å²) in [7, 11) is 0. The summed E-state index contributed by atoms with van der Waals surface area (Å²) in [5, 5.41) is 3.56. The van der Waals surface area contributed by atoms with Gasteiger partial charge in [-0.2, -0.15) is 0 Å². The average molecular weight is 304 g/mol. The molecule has 0 spiro atoms. The van der Waals surface area contributed by atoms with Crippen molar-refractivity contribution in [3.63, 3.8) is 0 Å². The predicted molar refractivity (Wildman–Crippen MR) is 80.6 cm³/mol. The minimum Gasteiger partial charge on any atom is -0.310 e. The largest absolute Gasteiger partial charge is 0.310 e. The van der Waals surface area contributed by atoms with Crippen molar-refractivity contribution in [2.24, 2.45) is 0 Å². The second kappa shape index (κ2) is 6.72. The van der Waals surface area contributed by atoms with Crippen molar-refractivity contribution < 1.29 is 0 Å². The first-order valence-corrected chi connectivity index (χ1v) is 7.05. The maximum absolute atomic E-state index is 3.57. The molecule has 1 atom stereocenters. The van der Waals surface area contributed by atoms with Gasteiger partial charge in [0.25, 0.3) is 0 Å². The first-order chi connectivity index (χ1) is 8.75. The number of hydrogen-bond donors (Lipinski definition) is 1. The van der Waals surface area contributed by atoms with Gasteiger partial charge >= 0.3 is 0 Å². The molecule has 0 amide bonds. The Morgan fingerprint density at radius 3 is 2.39 bits per heavy atom. The number of nitrogens with one attached hydrogen (secondary N) is 1. The summed E-state index contributed by atoms with van der Waals surface area (Å²) >= 11 is 3.57. The van der Waals surface area contributed by atoms with Crippen molar-refractivity contribution in [1.29, 1.82) is 0 Å². The first kappa shape index (κ1) is 13.3. The van der Waals surface area contributed by atoms with E-state index in [9.17, 15) is 0 Å². The molecule has 0 heterocycles. The predicted octanol–water partition coefficient (Wildman–Crippen LogP) is 4.17. The van der Waals surface area contributed by atoms with E-state index < -0.39 is 0 Å². The molecule has 0 fully saturated rings. The van der Waals surface area contributed by atoms with Gasteiger partial charge in [0.2, 0.25) is 0 Å². The molecule has 2 heteroatoms. The molecule has 0 radical (unpaired) electrons. The Kier molecular flexibility index (Phi) is 4.97. The maximum atomic E-state index is 3.57. The summed E-state index contributed by atoms with van der Waals surface area (Å²) < 4.78 is 1.17. The SMILES string of the molecule is CC(Cc1ccccc1)NCc1ccccc1Br. The van der Waals surface area contributed by atoms with Gasteiger partial charge in [0.15, 0.2) is 0 Å². The summed E-state index contributed by atoms with van der Waals surface area (Å²) in [6.07, 6.45) is 1.06. The van der Waals surface area contributed by atoms with E-state index in [0.29, 0.717) is 6.04 Å². The maximum Gasteiger partial charge on any atom is 0.0220 e. The Bertz CT molecular complexity index is 481. The molecule has 0 saturated heterocycles. The topological polar surface area (TPSA) is 12.0 Å². The van der Waals surface area contributed by atoms with Crippen LogP contribution in [0, 0.1) is 0 Å². The van der Waals surface area contributed by atoms with Gasteiger partial charge in [0, 0.05) is 17.1 Å². The zero-order chi connectivity index (χ0) is 12.8. The van der Waals surface area contributed by atoms with Crippen LogP contribution in [0.1, 0.15) is 18.1 Å². The third kappa shape index (κ3) is 3.97. The molecule has 94 valence electrons. The van der Waals surface area contributed by atoms with Crippen LogP contribution >= 0.6 is 15.9 Å². The normalized spacial score (nSPS) is 12.3. The second-order valence-electron chi connectivity index (χ2n) is 4.56. The molecule has 0 bridgehead atoms. The van der Waals surface area contributed by atoms with Crippen LogP contribution in [0.2, 0.25) is 0 Å². The lowest BCUT2D eigenvalue weighted by atomic mass is 10.1. The highest BCUT2D eigenvalue weighted by atomic mass is 79.9. The lowest BCUT2D eigenvalue weighted by Gasteiger charge is -2.14. The van der Waals surface area contributed by atoms with Crippen LogP contribution in [0.25, 0.3) is 0 Å². The fraction of sp³-hybridized carbons (Fsp3) is 0.250. The minimum absolute atomic E-state index is 0.472. The fourth-order valence-corrected chi connectivity index (χ4v) is 2.39. The number of benzene rings is 2. The van der Waals surface area contributed by atoms with Crippen LogP contribution in [0.4, 0.5) is 0 Å². The molecule has 0 aliphatic rings. The molecule has 0 aliphatic heterocycles. The monoisotopic (exact) mass is 303 g/mol. The molecular formula is C16H18BrN. The second-order valence-corrected chi connectivity index (χ2v) is 5.42. The van der Waals surface area contributed by atoms with Crippen LogP contribution < -0.4 is 5.32 Å². The van der Waals surface area contributed by atoms with E-state index in [2.05, 4.69) is 76.7 Å². The van der Waals surface area contributed by atoms with Crippen molar-refractivity contribution in [3.05, 3.63) is 70.2 Å². The molecule has 2 aromatic carbocycles. The van der Waals surface area contributed by atoms with Gasteiger partial charge < -0.3 is 5.32 Å². The lowest BCUT2D eigenvalue weighted by molar-refractivity contribution is 0.545. The number of halogens is 1. The molecule has 18 heavy (non-hydrogen) atoms. The Balaban J connectivity index is 1.86. The molecule has 2 rings (SSSR count). The third-order valence-corrected chi connectivity index (χ3v) is 3.76. The van der Waals surface area contributed by atoms with E-state index in [-0.39, 0.29) is 0 Å². The fourth-order valence-electron chi connectivity index (χ4n) is 1.97. The third-order valence-electron chi connectivity index (χ3n) is 2.98.